The van der Waals surface area contributed by atoms with Crippen molar-refractivity contribution in [2.45, 2.75) is 31.7 Å². The van der Waals surface area contributed by atoms with Gasteiger partial charge in [-0.3, -0.25) is 14.5 Å². The third kappa shape index (κ3) is 6.38. The van der Waals surface area contributed by atoms with Crippen molar-refractivity contribution in [3.63, 3.8) is 0 Å². The predicted octanol–water partition coefficient (Wildman–Crippen LogP) is 5.46. The molecule has 1 atom stereocenters. The Hall–Kier alpha value is -4.71. The molecule has 0 unspecified atom stereocenters. The number of amides is 2. The molecule has 2 aromatic carbocycles. The summed E-state index contributed by atoms with van der Waals surface area (Å²) in [5, 5.41) is 18.4. The second-order valence-corrected chi connectivity index (χ2v) is 9.71. The summed E-state index contributed by atoms with van der Waals surface area (Å²) >= 11 is 0. The van der Waals surface area contributed by atoms with Crippen molar-refractivity contribution in [1.29, 1.82) is 0 Å². The van der Waals surface area contributed by atoms with Gasteiger partial charge in [0.1, 0.15) is 0 Å². The van der Waals surface area contributed by atoms with E-state index in [9.17, 15) is 22.8 Å². The summed E-state index contributed by atoms with van der Waals surface area (Å²) in [7, 11) is 0. The number of carbonyl (C=O) groups is 2. The average molecular weight is 566 g/mol. The lowest BCUT2D eigenvalue weighted by atomic mass is 9.95. The van der Waals surface area contributed by atoms with Crippen molar-refractivity contribution in [2.24, 2.45) is 0 Å². The molecule has 3 N–H and O–H groups in total. The zero-order valence-electron chi connectivity index (χ0n) is 21.9. The minimum atomic E-state index is -4.55. The van der Waals surface area contributed by atoms with Crippen LogP contribution in [0.3, 0.4) is 0 Å². The lowest BCUT2D eigenvalue weighted by Gasteiger charge is -2.25. The molecule has 3 heterocycles. The van der Waals surface area contributed by atoms with Crippen molar-refractivity contribution < 1.29 is 32.6 Å². The zero-order valence-corrected chi connectivity index (χ0v) is 21.9. The van der Waals surface area contributed by atoms with Crippen LogP contribution in [-0.2, 0) is 17.5 Å². The highest BCUT2D eigenvalue weighted by molar-refractivity contribution is 5.95. The van der Waals surface area contributed by atoms with Gasteiger partial charge in [0.15, 0.2) is 0 Å². The van der Waals surface area contributed by atoms with Crippen LogP contribution in [0.2, 0.25) is 0 Å². The maximum Gasteiger partial charge on any atom is 0.416 e. The fraction of sp³-hybridized carbons (Fsp3) is 0.241. The van der Waals surface area contributed by atoms with Gasteiger partial charge in [-0.1, -0.05) is 30.3 Å². The molecule has 0 saturated carbocycles. The monoisotopic (exact) mass is 565 g/mol. The molecule has 0 radical (unpaired) electrons. The zero-order chi connectivity index (χ0) is 29.1. The van der Waals surface area contributed by atoms with Crippen LogP contribution in [0.25, 0.3) is 22.3 Å². The van der Waals surface area contributed by atoms with Gasteiger partial charge in [-0.25, -0.2) is 4.79 Å². The van der Waals surface area contributed by atoms with Crippen LogP contribution >= 0.6 is 0 Å². The normalized spacial score (nSPS) is 14.2. The molecule has 1 aliphatic rings. The molecular weight excluding hydrogens is 539 g/mol. The molecular formula is C29H26F3N5O4. The number of carboxylic acid groups (broad SMARTS) is 1. The highest BCUT2D eigenvalue weighted by Gasteiger charge is 2.31. The van der Waals surface area contributed by atoms with Crippen molar-refractivity contribution in [1.82, 2.24) is 25.4 Å². The van der Waals surface area contributed by atoms with E-state index in [-0.39, 0.29) is 24.1 Å². The van der Waals surface area contributed by atoms with Crippen molar-refractivity contribution in [2.75, 3.05) is 13.2 Å². The summed E-state index contributed by atoms with van der Waals surface area (Å²) in [6.07, 6.45) is 0.906. The lowest BCUT2D eigenvalue weighted by molar-refractivity contribution is -0.137. The molecule has 1 aliphatic heterocycles. The summed E-state index contributed by atoms with van der Waals surface area (Å²) in [6, 6.07) is 11.4. The number of halogens is 3. The molecule has 2 aromatic heterocycles. The summed E-state index contributed by atoms with van der Waals surface area (Å²) in [5.74, 6) is -0.337. The number of benzene rings is 2. The topological polar surface area (TPSA) is 118 Å². The molecule has 2 amide bonds. The third-order valence-corrected chi connectivity index (χ3v) is 6.87. The number of hydrogen-bond donors (Lipinski definition) is 3. The van der Waals surface area contributed by atoms with Crippen LogP contribution in [0.5, 0.6) is 0 Å². The molecule has 1 saturated heterocycles. The number of alkyl halides is 3. The van der Waals surface area contributed by atoms with Crippen molar-refractivity contribution in [3.8, 4) is 22.3 Å². The number of pyridine rings is 1. The largest absolute Gasteiger partial charge is 0.465 e. The molecule has 12 heteroatoms. The minimum absolute atomic E-state index is 0.153. The standard InChI is InChI=1S/C29H26F3N5O4/c1-17(36-27(38)22-8-21(10-33-11-22)23-13-35-37(14-23)25-15-41-16-25)18-2-4-19(5-3-18)26-9-24(29(30,31)32)7-6-20(26)12-34-28(39)40/h2-11,13-14,17,25,34H,12,15-16H2,1H3,(H,36,38)(H,39,40)/t17-/m1/s1. The van der Waals surface area contributed by atoms with Gasteiger partial charge >= 0.3 is 12.3 Å². The molecule has 1 fully saturated rings. The van der Waals surface area contributed by atoms with E-state index in [1.165, 1.54) is 12.3 Å². The molecule has 9 nitrogen and oxygen atoms in total. The van der Waals surface area contributed by atoms with Crippen LogP contribution in [0.15, 0.2) is 73.3 Å². The summed E-state index contributed by atoms with van der Waals surface area (Å²) in [4.78, 5) is 28.2. The number of hydrogen-bond acceptors (Lipinski definition) is 5. The van der Waals surface area contributed by atoms with E-state index in [1.54, 1.807) is 49.6 Å². The Labute approximate surface area is 233 Å². The maximum atomic E-state index is 13.4. The first-order chi connectivity index (χ1) is 19.6. The molecule has 4 aromatic rings. The fourth-order valence-corrected chi connectivity index (χ4v) is 4.45. The minimum Gasteiger partial charge on any atom is -0.465 e. The Balaban J connectivity index is 1.30. The smallest absolute Gasteiger partial charge is 0.416 e. The van der Waals surface area contributed by atoms with Crippen LogP contribution in [0.1, 0.15) is 46.1 Å². The van der Waals surface area contributed by atoms with Crippen molar-refractivity contribution >= 4 is 12.0 Å². The number of nitrogens with one attached hydrogen (secondary N) is 2. The van der Waals surface area contributed by atoms with E-state index < -0.39 is 23.9 Å². The molecule has 0 aliphatic carbocycles. The Morgan fingerprint density at radius 3 is 2.46 bits per heavy atom. The number of ether oxygens (including phenoxy) is 1. The third-order valence-electron chi connectivity index (χ3n) is 6.87. The quantitative estimate of drug-likeness (QED) is 0.261. The number of nitrogens with zero attached hydrogens (tertiary/aromatic N) is 3. The van der Waals surface area contributed by atoms with Crippen LogP contribution < -0.4 is 10.6 Å². The Morgan fingerprint density at radius 1 is 1.05 bits per heavy atom. The predicted molar refractivity (Wildman–Crippen MR) is 143 cm³/mol. The van der Waals surface area contributed by atoms with Gasteiger partial charge in [0.25, 0.3) is 5.91 Å². The maximum absolute atomic E-state index is 13.4. The first kappa shape index (κ1) is 27.8. The van der Waals surface area contributed by atoms with Crippen LogP contribution in [0.4, 0.5) is 18.0 Å². The molecule has 5 rings (SSSR count). The van der Waals surface area contributed by atoms with E-state index in [4.69, 9.17) is 9.84 Å². The Morgan fingerprint density at radius 2 is 1.80 bits per heavy atom. The highest BCUT2D eigenvalue weighted by atomic mass is 19.4. The van der Waals surface area contributed by atoms with E-state index >= 15 is 0 Å². The van der Waals surface area contributed by atoms with Gasteiger partial charge in [-0.05, 0) is 47.4 Å². The Bertz CT molecular complexity index is 1570. The summed E-state index contributed by atoms with van der Waals surface area (Å²) < 4.78 is 47.2. The van der Waals surface area contributed by atoms with Gasteiger partial charge in [-0.2, -0.15) is 18.3 Å². The van der Waals surface area contributed by atoms with Crippen LogP contribution in [0, 0.1) is 0 Å². The Kier molecular flexibility index (Phi) is 7.75. The van der Waals surface area contributed by atoms with E-state index in [2.05, 4.69) is 20.7 Å². The van der Waals surface area contributed by atoms with Gasteiger partial charge in [0.05, 0.1) is 42.6 Å². The van der Waals surface area contributed by atoms with Crippen molar-refractivity contribution in [3.05, 3.63) is 95.6 Å². The fourth-order valence-electron chi connectivity index (χ4n) is 4.45. The van der Waals surface area contributed by atoms with E-state index in [0.717, 1.165) is 28.8 Å². The first-order valence-corrected chi connectivity index (χ1v) is 12.7. The van der Waals surface area contributed by atoms with Gasteiger partial charge in [0.2, 0.25) is 0 Å². The average Bonchev–Trinajstić information content (AvgIpc) is 3.40. The highest BCUT2D eigenvalue weighted by Crippen LogP contribution is 2.34. The summed E-state index contributed by atoms with van der Waals surface area (Å²) in [5.41, 5.74) is 2.97. The first-order valence-electron chi connectivity index (χ1n) is 12.7. The number of carbonyl (C=O) groups excluding carboxylic acids is 1. The summed E-state index contributed by atoms with van der Waals surface area (Å²) in [6.45, 7) is 2.87. The molecule has 0 bridgehead atoms. The molecule has 41 heavy (non-hydrogen) atoms. The van der Waals surface area contributed by atoms with E-state index in [1.807, 2.05) is 10.9 Å². The lowest BCUT2D eigenvalue weighted by Crippen LogP contribution is -2.30. The number of aromatic nitrogens is 3. The second kappa shape index (κ2) is 11.4. The van der Waals surface area contributed by atoms with Gasteiger partial charge in [-0.15, -0.1) is 0 Å². The molecule has 212 valence electrons. The van der Waals surface area contributed by atoms with Gasteiger partial charge < -0.3 is 20.5 Å². The van der Waals surface area contributed by atoms with Gasteiger partial charge in [0, 0.05) is 36.3 Å². The number of rotatable bonds is 8. The molecule has 0 spiro atoms. The second-order valence-electron chi connectivity index (χ2n) is 9.71. The SMILES string of the molecule is C[C@@H](NC(=O)c1cncc(-c2cnn(C3COC3)c2)c1)c1ccc(-c2cc(C(F)(F)F)ccc2CNC(=O)O)cc1. The van der Waals surface area contributed by atoms with Crippen LogP contribution in [-0.4, -0.2) is 45.1 Å². The van der Waals surface area contributed by atoms with E-state index in [0.29, 0.717) is 29.9 Å².